The molecular weight excluding hydrogens is 271 g/mol. The minimum atomic E-state index is -0.338. The van der Waals surface area contributed by atoms with Crippen LogP contribution in [0, 0.1) is 5.82 Å². The second-order valence-corrected chi connectivity index (χ2v) is 5.23. The van der Waals surface area contributed by atoms with Crippen LogP contribution in [-0.2, 0) is 6.42 Å². The zero-order chi connectivity index (χ0) is 14.5. The maximum Gasteiger partial charge on any atom is 0.146 e. The van der Waals surface area contributed by atoms with Crippen molar-refractivity contribution in [3.8, 4) is 0 Å². The van der Waals surface area contributed by atoms with Gasteiger partial charge in [-0.05, 0) is 37.1 Å². The Labute approximate surface area is 123 Å². The second-order valence-electron chi connectivity index (χ2n) is 4.79. The van der Waals surface area contributed by atoms with Gasteiger partial charge in [0.15, 0.2) is 0 Å². The van der Waals surface area contributed by atoms with E-state index in [2.05, 4.69) is 17.4 Å². The van der Waals surface area contributed by atoms with Crippen molar-refractivity contribution >= 4 is 22.9 Å². The summed E-state index contributed by atoms with van der Waals surface area (Å²) in [6, 6.07) is 15.0. The standard InChI is InChI=1S/C16H17FN2S/c1-11(9-12-5-3-2-4-6-12)19-15-8-7-13(16(18)20)10-14(15)17/h2-8,10-11,19H,9H2,1H3,(H2,18,20). The van der Waals surface area contributed by atoms with Crippen molar-refractivity contribution in [2.45, 2.75) is 19.4 Å². The van der Waals surface area contributed by atoms with Gasteiger partial charge in [-0.3, -0.25) is 0 Å². The molecule has 0 fully saturated rings. The molecule has 0 amide bonds. The van der Waals surface area contributed by atoms with E-state index in [0.29, 0.717) is 11.3 Å². The van der Waals surface area contributed by atoms with Gasteiger partial charge in [-0.1, -0.05) is 42.5 Å². The molecule has 1 unspecified atom stereocenters. The Morgan fingerprint density at radius 2 is 1.95 bits per heavy atom. The summed E-state index contributed by atoms with van der Waals surface area (Å²) in [5, 5.41) is 3.17. The maximum atomic E-state index is 13.9. The zero-order valence-electron chi connectivity index (χ0n) is 11.3. The van der Waals surface area contributed by atoms with E-state index in [1.807, 2.05) is 25.1 Å². The van der Waals surface area contributed by atoms with Crippen LogP contribution in [0.5, 0.6) is 0 Å². The van der Waals surface area contributed by atoms with Crippen molar-refractivity contribution in [1.82, 2.24) is 0 Å². The minimum Gasteiger partial charge on any atom is -0.389 e. The monoisotopic (exact) mass is 288 g/mol. The van der Waals surface area contributed by atoms with E-state index in [0.717, 1.165) is 6.42 Å². The summed E-state index contributed by atoms with van der Waals surface area (Å²) in [5.74, 6) is -0.338. The first-order chi connectivity index (χ1) is 9.56. The summed E-state index contributed by atoms with van der Waals surface area (Å²) in [4.78, 5) is 0.202. The van der Waals surface area contributed by atoms with Gasteiger partial charge < -0.3 is 11.1 Å². The fourth-order valence-electron chi connectivity index (χ4n) is 2.07. The summed E-state index contributed by atoms with van der Waals surface area (Å²) in [7, 11) is 0. The fourth-order valence-corrected chi connectivity index (χ4v) is 2.20. The lowest BCUT2D eigenvalue weighted by Crippen LogP contribution is -2.19. The molecule has 0 saturated heterocycles. The van der Waals surface area contributed by atoms with Crippen LogP contribution in [-0.4, -0.2) is 11.0 Å². The quantitative estimate of drug-likeness (QED) is 0.827. The highest BCUT2D eigenvalue weighted by molar-refractivity contribution is 7.80. The van der Waals surface area contributed by atoms with E-state index in [1.165, 1.54) is 11.6 Å². The lowest BCUT2D eigenvalue weighted by molar-refractivity contribution is 0.625. The van der Waals surface area contributed by atoms with Crippen molar-refractivity contribution in [2.75, 3.05) is 5.32 Å². The van der Waals surface area contributed by atoms with Crippen LogP contribution in [0.3, 0.4) is 0 Å². The number of hydrogen-bond donors (Lipinski definition) is 2. The first kappa shape index (κ1) is 14.5. The van der Waals surface area contributed by atoms with Gasteiger partial charge in [0.2, 0.25) is 0 Å². The molecule has 0 spiro atoms. The van der Waals surface area contributed by atoms with Crippen LogP contribution in [0.4, 0.5) is 10.1 Å². The number of nitrogens with one attached hydrogen (secondary N) is 1. The molecular formula is C16H17FN2S. The highest BCUT2D eigenvalue weighted by Gasteiger charge is 2.09. The molecule has 1 atom stereocenters. The lowest BCUT2D eigenvalue weighted by atomic mass is 10.1. The highest BCUT2D eigenvalue weighted by Crippen LogP contribution is 2.18. The van der Waals surface area contributed by atoms with Gasteiger partial charge in [0.1, 0.15) is 10.8 Å². The maximum absolute atomic E-state index is 13.9. The third kappa shape index (κ3) is 3.78. The predicted octanol–water partition coefficient (Wildman–Crippen LogP) is 3.50. The Morgan fingerprint density at radius 3 is 2.55 bits per heavy atom. The Bertz CT molecular complexity index is 599. The molecule has 20 heavy (non-hydrogen) atoms. The minimum absolute atomic E-state index is 0.127. The molecule has 0 aliphatic rings. The van der Waals surface area contributed by atoms with Gasteiger partial charge in [-0.15, -0.1) is 0 Å². The zero-order valence-corrected chi connectivity index (χ0v) is 12.1. The first-order valence-electron chi connectivity index (χ1n) is 6.46. The number of anilines is 1. The van der Waals surface area contributed by atoms with Gasteiger partial charge in [0.25, 0.3) is 0 Å². The summed E-state index contributed by atoms with van der Waals surface area (Å²) in [6.07, 6.45) is 0.831. The summed E-state index contributed by atoms with van der Waals surface area (Å²) >= 11 is 4.83. The molecule has 0 radical (unpaired) electrons. The lowest BCUT2D eigenvalue weighted by Gasteiger charge is -2.16. The van der Waals surface area contributed by atoms with Crippen molar-refractivity contribution in [1.29, 1.82) is 0 Å². The van der Waals surface area contributed by atoms with E-state index in [4.69, 9.17) is 18.0 Å². The average Bonchev–Trinajstić information content (AvgIpc) is 2.42. The summed E-state index contributed by atoms with van der Waals surface area (Å²) < 4.78 is 13.9. The molecule has 0 saturated carbocycles. The molecule has 3 N–H and O–H groups in total. The number of hydrogen-bond acceptors (Lipinski definition) is 2. The molecule has 0 aliphatic heterocycles. The van der Waals surface area contributed by atoms with Gasteiger partial charge >= 0.3 is 0 Å². The van der Waals surface area contributed by atoms with Gasteiger partial charge in [-0.25, -0.2) is 4.39 Å². The van der Waals surface area contributed by atoms with Crippen LogP contribution in [0.1, 0.15) is 18.1 Å². The van der Waals surface area contributed by atoms with Crippen LogP contribution in [0.2, 0.25) is 0 Å². The molecule has 0 heterocycles. The molecule has 0 aromatic heterocycles. The van der Waals surface area contributed by atoms with Gasteiger partial charge in [0, 0.05) is 11.6 Å². The Kier molecular flexibility index (Phi) is 4.69. The van der Waals surface area contributed by atoms with E-state index < -0.39 is 0 Å². The van der Waals surface area contributed by atoms with Crippen LogP contribution < -0.4 is 11.1 Å². The van der Waals surface area contributed by atoms with Crippen LogP contribution >= 0.6 is 12.2 Å². The first-order valence-corrected chi connectivity index (χ1v) is 6.87. The van der Waals surface area contributed by atoms with E-state index >= 15 is 0 Å². The Balaban J connectivity index is 2.04. The summed E-state index contributed by atoms with van der Waals surface area (Å²) in [6.45, 7) is 2.02. The average molecular weight is 288 g/mol. The van der Waals surface area contributed by atoms with Gasteiger partial charge in [0.05, 0.1) is 5.69 Å². The molecule has 0 aliphatic carbocycles. The number of benzene rings is 2. The predicted molar refractivity (Wildman–Crippen MR) is 85.5 cm³/mol. The number of rotatable bonds is 5. The number of thiocarbonyl (C=S) groups is 1. The normalized spacial score (nSPS) is 11.9. The second kappa shape index (κ2) is 6.48. The topological polar surface area (TPSA) is 38.0 Å². The fraction of sp³-hybridized carbons (Fsp3) is 0.188. The van der Waals surface area contributed by atoms with Crippen molar-refractivity contribution in [2.24, 2.45) is 5.73 Å². The molecule has 0 bridgehead atoms. The molecule has 4 heteroatoms. The number of halogens is 1. The van der Waals surface area contributed by atoms with E-state index in [1.54, 1.807) is 12.1 Å². The van der Waals surface area contributed by atoms with Crippen molar-refractivity contribution < 1.29 is 4.39 Å². The molecule has 2 aromatic rings. The van der Waals surface area contributed by atoms with Crippen molar-refractivity contribution in [3.63, 3.8) is 0 Å². The molecule has 2 nitrogen and oxygen atoms in total. The Hall–Kier alpha value is -1.94. The third-order valence-electron chi connectivity index (χ3n) is 3.04. The van der Waals surface area contributed by atoms with Crippen LogP contribution in [0.15, 0.2) is 48.5 Å². The Morgan fingerprint density at radius 1 is 1.25 bits per heavy atom. The SMILES string of the molecule is CC(Cc1ccccc1)Nc1ccc(C(N)=S)cc1F. The van der Waals surface area contributed by atoms with Gasteiger partial charge in [-0.2, -0.15) is 0 Å². The molecule has 2 rings (SSSR count). The smallest absolute Gasteiger partial charge is 0.146 e. The van der Waals surface area contributed by atoms with Crippen LogP contribution in [0.25, 0.3) is 0 Å². The largest absolute Gasteiger partial charge is 0.389 e. The number of nitrogens with two attached hydrogens (primary N) is 1. The van der Waals surface area contributed by atoms with E-state index in [-0.39, 0.29) is 16.8 Å². The molecule has 104 valence electrons. The highest BCUT2D eigenvalue weighted by atomic mass is 32.1. The third-order valence-corrected chi connectivity index (χ3v) is 3.28. The van der Waals surface area contributed by atoms with E-state index in [9.17, 15) is 4.39 Å². The van der Waals surface area contributed by atoms with Crippen molar-refractivity contribution in [3.05, 3.63) is 65.5 Å². The summed E-state index contributed by atoms with van der Waals surface area (Å²) in [5.41, 5.74) is 7.70. The molecule has 2 aromatic carbocycles.